The topological polar surface area (TPSA) is 32.3 Å². The van der Waals surface area contributed by atoms with Crippen LogP contribution in [0.15, 0.2) is 0 Å². The zero-order chi connectivity index (χ0) is 11.7. The molecule has 0 aromatic carbocycles. The highest BCUT2D eigenvalue weighted by Crippen LogP contribution is 2.02. The van der Waals surface area contributed by atoms with Crippen LogP contribution in [0.25, 0.3) is 0 Å². The second kappa shape index (κ2) is 8.72. The molecule has 0 rings (SSSR count). The average molecular weight is 214 g/mol. The Morgan fingerprint density at radius 3 is 2.53 bits per heavy atom. The van der Waals surface area contributed by atoms with Crippen LogP contribution in [0.1, 0.15) is 46.5 Å². The Kier molecular flexibility index (Phi) is 8.38. The highest BCUT2D eigenvalue weighted by Gasteiger charge is 2.08. The SMILES string of the molecule is CCCCC[C@@H](C)NC(=O)CN(C)CC. The molecular formula is C12H26N2O. The van der Waals surface area contributed by atoms with E-state index in [1.165, 1.54) is 19.3 Å². The molecule has 0 aliphatic rings. The monoisotopic (exact) mass is 214 g/mol. The molecule has 1 N–H and O–H groups in total. The first kappa shape index (κ1) is 14.4. The number of nitrogens with one attached hydrogen (secondary N) is 1. The fraction of sp³-hybridized carbons (Fsp3) is 0.917. The van der Waals surface area contributed by atoms with E-state index in [-0.39, 0.29) is 5.91 Å². The number of amides is 1. The van der Waals surface area contributed by atoms with Gasteiger partial charge in [-0.2, -0.15) is 0 Å². The molecule has 3 heteroatoms. The Morgan fingerprint density at radius 2 is 2.00 bits per heavy atom. The van der Waals surface area contributed by atoms with Gasteiger partial charge in [0.2, 0.25) is 5.91 Å². The zero-order valence-corrected chi connectivity index (χ0v) is 10.7. The number of carbonyl (C=O) groups is 1. The molecule has 0 unspecified atom stereocenters. The van der Waals surface area contributed by atoms with Gasteiger partial charge in [0.15, 0.2) is 0 Å². The summed E-state index contributed by atoms with van der Waals surface area (Å²) < 4.78 is 0. The number of unbranched alkanes of at least 4 members (excludes halogenated alkanes) is 2. The molecule has 0 heterocycles. The van der Waals surface area contributed by atoms with E-state index in [0.29, 0.717) is 12.6 Å². The molecule has 1 atom stereocenters. The fourth-order valence-electron chi connectivity index (χ4n) is 1.45. The van der Waals surface area contributed by atoms with E-state index in [2.05, 4.69) is 26.1 Å². The molecule has 0 fully saturated rings. The van der Waals surface area contributed by atoms with Gasteiger partial charge in [0, 0.05) is 6.04 Å². The largest absolute Gasteiger partial charge is 0.353 e. The van der Waals surface area contributed by atoms with Gasteiger partial charge in [-0.3, -0.25) is 9.69 Å². The molecule has 0 bridgehead atoms. The lowest BCUT2D eigenvalue weighted by molar-refractivity contribution is -0.122. The van der Waals surface area contributed by atoms with Gasteiger partial charge in [-0.05, 0) is 26.9 Å². The van der Waals surface area contributed by atoms with Crippen molar-refractivity contribution in [3.63, 3.8) is 0 Å². The summed E-state index contributed by atoms with van der Waals surface area (Å²) in [5, 5.41) is 3.02. The minimum absolute atomic E-state index is 0.142. The second-order valence-electron chi connectivity index (χ2n) is 4.29. The Labute approximate surface area is 94.2 Å². The summed E-state index contributed by atoms with van der Waals surface area (Å²) in [6, 6.07) is 0.314. The van der Waals surface area contributed by atoms with Crippen LogP contribution in [-0.4, -0.2) is 37.0 Å². The normalized spacial score (nSPS) is 12.9. The van der Waals surface area contributed by atoms with E-state index in [9.17, 15) is 4.79 Å². The van der Waals surface area contributed by atoms with Crippen LogP contribution >= 0.6 is 0 Å². The van der Waals surface area contributed by atoms with E-state index in [0.717, 1.165) is 13.0 Å². The summed E-state index contributed by atoms with van der Waals surface area (Å²) >= 11 is 0. The third-order valence-electron chi connectivity index (χ3n) is 2.60. The maximum Gasteiger partial charge on any atom is 0.234 e. The summed E-state index contributed by atoms with van der Waals surface area (Å²) in [5.41, 5.74) is 0. The third kappa shape index (κ3) is 8.43. The van der Waals surface area contributed by atoms with Crippen molar-refractivity contribution in [2.75, 3.05) is 20.1 Å². The minimum atomic E-state index is 0.142. The fourth-order valence-corrected chi connectivity index (χ4v) is 1.45. The summed E-state index contributed by atoms with van der Waals surface area (Å²) in [4.78, 5) is 13.5. The zero-order valence-electron chi connectivity index (χ0n) is 10.7. The van der Waals surface area contributed by atoms with Crippen molar-refractivity contribution in [3.05, 3.63) is 0 Å². The molecule has 1 amide bonds. The van der Waals surface area contributed by atoms with Gasteiger partial charge in [0.1, 0.15) is 0 Å². The van der Waals surface area contributed by atoms with Crippen LogP contribution in [0.4, 0.5) is 0 Å². The molecule has 3 nitrogen and oxygen atoms in total. The Balaban J connectivity index is 3.57. The van der Waals surface area contributed by atoms with E-state index in [4.69, 9.17) is 0 Å². The van der Waals surface area contributed by atoms with Crippen molar-refractivity contribution in [1.82, 2.24) is 10.2 Å². The van der Waals surface area contributed by atoms with Crippen molar-refractivity contribution in [2.24, 2.45) is 0 Å². The number of nitrogens with zero attached hydrogens (tertiary/aromatic N) is 1. The maximum absolute atomic E-state index is 11.5. The molecular weight excluding hydrogens is 188 g/mol. The highest BCUT2D eigenvalue weighted by atomic mass is 16.2. The predicted octanol–water partition coefficient (Wildman–Crippen LogP) is 2.02. The summed E-state index contributed by atoms with van der Waals surface area (Å²) in [6.07, 6.45) is 4.80. The van der Waals surface area contributed by atoms with Crippen molar-refractivity contribution in [3.8, 4) is 0 Å². The second-order valence-corrected chi connectivity index (χ2v) is 4.29. The van der Waals surface area contributed by atoms with Crippen molar-refractivity contribution in [1.29, 1.82) is 0 Å². The Hall–Kier alpha value is -0.570. The molecule has 0 aliphatic heterocycles. The van der Waals surface area contributed by atoms with Crippen LogP contribution in [0, 0.1) is 0 Å². The van der Waals surface area contributed by atoms with Gasteiger partial charge in [-0.1, -0.05) is 33.1 Å². The predicted molar refractivity (Wildman–Crippen MR) is 64.9 cm³/mol. The van der Waals surface area contributed by atoms with Crippen molar-refractivity contribution in [2.45, 2.75) is 52.5 Å². The molecule has 0 aromatic heterocycles. The highest BCUT2D eigenvalue weighted by molar-refractivity contribution is 5.78. The molecule has 0 aromatic rings. The summed E-state index contributed by atoms with van der Waals surface area (Å²) in [7, 11) is 1.96. The molecule has 0 radical (unpaired) electrons. The molecule has 0 saturated carbocycles. The molecule has 0 spiro atoms. The van der Waals surface area contributed by atoms with E-state index in [1.807, 2.05) is 11.9 Å². The van der Waals surface area contributed by atoms with Gasteiger partial charge >= 0.3 is 0 Å². The number of carbonyl (C=O) groups excluding carboxylic acids is 1. The van der Waals surface area contributed by atoms with E-state index in [1.54, 1.807) is 0 Å². The van der Waals surface area contributed by atoms with Crippen molar-refractivity contribution >= 4 is 5.91 Å². The first-order valence-electron chi connectivity index (χ1n) is 6.08. The number of likely N-dealkylation sites (N-methyl/N-ethyl adjacent to an activating group) is 1. The number of hydrogen-bond donors (Lipinski definition) is 1. The minimum Gasteiger partial charge on any atom is -0.353 e. The molecule has 15 heavy (non-hydrogen) atoms. The van der Waals surface area contributed by atoms with Crippen LogP contribution in [0.5, 0.6) is 0 Å². The van der Waals surface area contributed by atoms with Gasteiger partial charge in [0.25, 0.3) is 0 Å². The summed E-state index contributed by atoms with van der Waals surface area (Å²) in [5.74, 6) is 0.142. The Bertz CT molecular complexity index is 171. The third-order valence-corrected chi connectivity index (χ3v) is 2.60. The molecule has 90 valence electrons. The van der Waals surface area contributed by atoms with Crippen molar-refractivity contribution < 1.29 is 4.79 Å². The maximum atomic E-state index is 11.5. The average Bonchev–Trinajstić information content (AvgIpc) is 2.17. The first-order valence-corrected chi connectivity index (χ1v) is 6.08. The molecule has 0 aliphatic carbocycles. The van der Waals surface area contributed by atoms with Gasteiger partial charge in [0.05, 0.1) is 6.54 Å². The van der Waals surface area contributed by atoms with Crippen LogP contribution in [0.3, 0.4) is 0 Å². The molecule has 0 saturated heterocycles. The van der Waals surface area contributed by atoms with Gasteiger partial charge < -0.3 is 5.32 Å². The van der Waals surface area contributed by atoms with Crippen LogP contribution in [-0.2, 0) is 4.79 Å². The van der Waals surface area contributed by atoms with Gasteiger partial charge in [-0.15, -0.1) is 0 Å². The first-order chi connectivity index (χ1) is 7.10. The van der Waals surface area contributed by atoms with Gasteiger partial charge in [-0.25, -0.2) is 0 Å². The number of hydrogen-bond acceptors (Lipinski definition) is 2. The van der Waals surface area contributed by atoms with Crippen LogP contribution < -0.4 is 5.32 Å². The summed E-state index contributed by atoms with van der Waals surface area (Å²) in [6.45, 7) is 7.75. The van der Waals surface area contributed by atoms with Crippen LogP contribution in [0.2, 0.25) is 0 Å². The van der Waals surface area contributed by atoms with E-state index >= 15 is 0 Å². The standard InChI is InChI=1S/C12H26N2O/c1-5-7-8-9-11(3)13-12(15)10-14(4)6-2/h11H,5-10H2,1-4H3,(H,13,15)/t11-/m1/s1. The lowest BCUT2D eigenvalue weighted by Gasteiger charge is -2.17. The van der Waals surface area contributed by atoms with E-state index < -0.39 is 0 Å². The smallest absolute Gasteiger partial charge is 0.234 e. The quantitative estimate of drug-likeness (QED) is 0.627. The lowest BCUT2D eigenvalue weighted by Crippen LogP contribution is -2.39. The lowest BCUT2D eigenvalue weighted by atomic mass is 10.1. The number of rotatable bonds is 8. The Morgan fingerprint density at radius 1 is 1.33 bits per heavy atom.